The van der Waals surface area contributed by atoms with Crippen molar-refractivity contribution in [3.05, 3.63) is 65.7 Å². The molecule has 0 fully saturated rings. The number of nitrogens with one attached hydrogen (secondary N) is 1. The quantitative estimate of drug-likeness (QED) is 0.752. The molecule has 1 amide bonds. The third-order valence-corrected chi connectivity index (χ3v) is 3.90. The van der Waals surface area contributed by atoms with Gasteiger partial charge >= 0.3 is 0 Å². The van der Waals surface area contributed by atoms with Gasteiger partial charge < -0.3 is 10.1 Å². The summed E-state index contributed by atoms with van der Waals surface area (Å²) in [6.07, 6.45) is 5.08. The lowest BCUT2D eigenvalue weighted by atomic mass is 10.1. The molecule has 3 aromatic heterocycles. The normalized spacial score (nSPS) is 10.1. The number of nitriles is 1. The second kappa shape index (κ2) is 8.06. The van der Waals surface area contributed by atoms with Crippen LogP contribution in [0, 0.1) is 18.3 Å². The van der Waals surface area contributed by atoms with Crippen LogP contribution >= 0.6 is 0 Å². The SMILES string of the molecule is COc1cc(NC(=O)Cc2ccc(-c3ccc(C#N)nc3)nc2)ncc1C. The topological polar surface area (TPSA) is 101 Å². The molecule has 0 saturated carbocycles. The van der Waals surface area contributed by atoms with Gasteiger partial charge in [-0.1, -0.05) is 6.07 Å². The maximum Gasteiger partial charge on any atom is 0.230 e. The molecule has 3 rings (SSSR count). The maximum absolute atomic E-state index is 12.2. The van der Waals surface area contributed by atoms with Crippen LogP contribution in [-0.4, -0.2) is 28.0 Å². The van der Waals surface area contributed by atoms with Crippen molar-refractivity contribution in [2.75, 3.05) is 12.4 Å². The Bertz CT molecular complexity index is 992. The van der Waals surface area contributed by atoms with Gasteiger partial charge in [0.1, 0.15) is 23.3 Å². The van der Waals surface area contributed by atoms with Gasteiger partial charge in [0.15, 0.2) is 0 Å². The van der Waals surface area contributed by atoms with E-state index >= 15 is 0 Å². The average Bonchev–Trinajstić information content (AvgIpc) is 2.70. The number of ether oxygens (including phenoxy) is 1. The Balaban J connectivity index is 1.65. The van der Waals surface area contributed by atoms with Gasteiger partial charge in [0.2, 0.25) is 5.91 Å². The molecule has 0 aliphatic carbocycles. The third kappa shape index (κ3) is 4.44. The van der Waals surface area contributed by atoms with Crippen LogP contribution < -0.4 is 10.1 Å². The Labute approximate surface area is 156 Å². The van der Waals surface area contributed by atoms with E-state index in [1.54, 1.807) is 43.9 Å². The highest BCUT2D eigenvalue weighted by Gasteiger charge is 2.08. The van der Waals surface area contributed by atoms with E-state index in [1.807, 2.05) is 25.1 Å². The molecule has 134 valence electrons. The number of hydrogen-bond acceptors (Lipinski definition) is 6. The molecule has 0 aliphatic rings. The van der Waals surface area contributed by atoms with Crippen molar-refractivity contribution in [2.45, 2.75) is 13.3 Å². The fourth-order valence-electron chi connectivity index (χ4n) is 2.48. The van der Waals surface area contributed by atoms with E-state index in [2.05, 4.69) is 20.3 Å². The van der Waals surface area contributed by atoms with E-state index in [4.69, 9.17) is 10.00 Å². The largest absolute Gasteiger partial charge is 0.496 e. The lowest BCUT2D eigenvalue weighted by molar-refractivity contribution is -0.115. The second-order valence-corrected chi connectivity index (χ2v) is 5.86. The van der Waals surface area contributed by atoms with Crippen LogP contribution in [0.3, 0.4) is 0 Å². The Morgan fingerprint density at radius 1 is 1.15 bits per heavy atom. The number of carbonyl (C=O) groups excluding carboxylic acids is 1. The fraction of sp³-hybridized carbons (Fsp3) is 0.150. The molecule has 3 heterocycles. The number of aryl methyl sites for hydroxylation is 1. The van der Waals surface area contributed by atoms with Crippen molar-refractivity contribution in [3.8, 4) is 23.1 Å². The van der Waals surface area contributed by atoms with Crippen LogP contribution in [-0.2, 0) is 11.2 Å². The smallest absolute Gasteiger partial charge is 0.230 e. The molecule has 0 atom stereocenters. The molecular formula is C20H17N5O2. The molecule has 7 heteroatoms. The predicted molar refractivity (Wildman–Crippen MR) is 100 cm³/mol. The number of pyridine rings is 3. The van der Waals surface area contributed by atoms with Crippen molar-refractivity contribution in [3.63, 3.8) is 0 Å². The molecule has 7 nitrogen and oxygen atoms in total. The lowest BCUT2D eigenvalue weighted by Gasteiger charge is -2.08. The Morgan fingerprint density at radius 2 is 2.00 bits per heavy atom. The van der Waals surface area contributed by atoms with Crippen LogP contribution in [0.2, 0.25) is 0 Å². The first-order chi connectivity index (χ1) is 13.1. The molecule has 27 heavy (non-hydrogen) atoms. The summed E-state index contributed by atoms with van der Waals surface area (Å²) in [5.74, 6) is 0.918. The van der Waals surface area contributed by atoms with Crippen molar-refractivity contribution in [1.82, 2.24) is 15.0 Å². The summed E-state index contributed by atoms with van der Waals surface area (Å²) in [4.78, 5) is 24.8. The van der Waals surface area contributed by atoms with E-state index in [1.165, 1.54) is 0 Å². The minimum Gasteiger partial charge on any atom is -0.496 e. The number of methoxy groups -OCH3 is 1. The molecular weight excluding hydrogens is 342 g/mol. The first-order valence-corrected chi connectivity index (χ1v) is 8.21. The minimum atomic E-state index is -0.192. The van der Waals surface area contributed by atoms with Crippen molar-refractivity contribution in [1.29, 1.82) is 5.26 Å². The van der Waals surface area contributed by atoms with Crippen molar-refractivity contribution in [2.24, 2.45) is 0 Å². The molecule has 1 N–H and O–H groups in total. The number of aromatic nitrogens is 3. The van der Waals surface area contributed by atoms with Gasteiger partial charge in [0.05, 0.1) is 19.2 Å². The number of rotatable bonds is 5. The van der Waals surface area contributed by atoms with Crippen LogP contribution in [0.25, 0.3) is 11.3 Å². The highest BCUT2D eigenvalue weighted by Crippen LogP contribution is 2.20. The highest BCUT2D eigenvalue weighted by molar-refractivity contribution is 5.91. The summed E-state index contributed by atoms with van der Waals surface area (Å²) in [5.41, 5.74) is 3.56. The summed E-state index contributed by atoms with van der Waals surface area (Å²) < 4.78 is 5.23. The average molecular weight is 359 g/mol. The first-order valence-electron chi connectivity index (χ1n) is 8.21. The zero-order valence-electron chi connectivity index (χ0n) is 14.9. The highest BCUT2D eigenvalue weighted by atomic mass is 16.5. The zero-order valence-corrected chi connectivity index (χ0v) is 14.9. The fourth-order valence-corrected chi connectivity index (χ4v) is 2.48. The van der Waals surface area contributed by atoms with Gasteiger partial charge in [-0.25, -0.2) is 9.97 Å². The Kier molecular flexibility index (Phi) is 5.38. The van der Waals surface area contributed by atoms with Gasteiger partial charge in [-0.05, 0) is 30.7 Å². The summed E-state index contributed by atoms with van der Waals surface area (Å²) in [6.45, 7) is 1.88. The molecule has 0 unspecified atom stereocenters. The van der Waals surface area contributed by atoms with E-state index in [9.17, 15) is 4.79 Å². The Morgan fingerprint density at radius 3 is 2.63 bits per heavy atom. The summed E-state index contributed by atoms with van der Waals surface area (Å²) in [5, 5.41) is 11.5. The van der Waals surface area contributed by atoms with E-state index < -0.39 is 0 Å². The molecule has 0 spiro atoms. The van der Waals surface area contributed by atoms with Crippen molar-refractivity contribution >= 4 is 11.7 Å². The molecule has 0 saturated heterocycles. The molecule has 0 bridgehead atoms. The van der Waals surface area contributed by atoms with Gasteiger partial charge in [0.25, 0.3) is 0 Å². The standard InChI is InChI=1S/C20H17N5O2/c1-13-10-24-19(8-18(13)27-2)25-20(26)7-14-3-6-17(23-11-14)15-4-5-16(9-21)22-12-15/h3-6,8,10-12H,7H2,1-2H3,(H,24,25,26). The van der Waals surface area contributed by atoms with Gasteiger partial charge in [0, 0.05) is 35.8 Å². The number of hydrogen-bond donors (Lipinski definition) is 1. The van der Waals surface area contributed by atoms with Crippen LogP contribution in [0.1, 0.15) is 16.8 Å². The van der Waals surface area contributed by atoms with E-state index in [0.29, 0.717) is 17.3 Å². The minimum absolute atomic E-state index is 0.177. The second-order valence-electron chi connectivity index (χ2n) is 5.86. The summed E-state index contributed by atoms with van der Waals surface area (Å²) in [7, 11) is 1.57. The van der Waals surface area contributed by atoms with Crippen molar-refractivity contribution < 1.29 is 9.53 Å². The van der Waals surface area contributed by atoms with Gasteiger partial charge in [-0.3, -0.25) is 9.78 Å². The molecule has 3 aromatic rings. The monoisotopic (exact) mass is 359 g/mol. The molecule has 0 radical (unpaired) electrons. The zero-order chi connectivity index (χ0) is 19.2. The number of nitrogens with zero attached hydrogens (tertiary/aromatic N) is 4. The lowest BCUT2D eigenvalue weighted by Crippen LogP contribution is -2.15. The summed E-state index contributed by atoms with van der Waals surface area (Å²) in [6, 6.07) is 10.7. The van der Waals surface area contributed by atoms with Crippen LogP contribution in [0.15, 0.2) is 48.9 Å². The Hall–Kier alpha value is -3.79. The first kappa shape index (κ1) is 18.0. The number of anilines is 1. The predicted octanol–water partition coefficient (Wildman–Crippen LogP) is 2.91. The van der Waals surface area contributed by atoms with Crippen LogP contribution in [0.4, 0.5) is 5.82 Å². The van der Waals surface area contributed by atoms with E-state index in [0.717, 1.165) is 22.4 Å². The number of carbonyl (C=O) groups is 1. The van der Waals surface area contributed by atoms with Gasteiger partial charge in [-0.15, -0.1) is 0 Å². The van der Waals surface area contributed by atoms with E-state index in [-0.39, 0.29) is 12.3 Å². The van der Waals surface area contributed by atoms with Gasteiger partial charge in [-0.2, -0.15) is 5.26 Å². The molecule has 0 aromatic carbocycles. The summed E-state index contributed by atoms with van der Waals surface area (Å²) >= 11 is 0. The van der Waals surface area contributed by atoms with Crippen LogP contribution in [0.5, 0.6) is 5.75 Å². The molecule has 0 aliphatic heterocycles. The maximum atomic E-state index is 12.2. The third-order valence-electron chi connectivity index (χ3n) is 3.90. The number of amides is 1.